The van der Waals surface area contributed by atoms with Gasteiger partial charge in [-0.25, -0.2) is 22.5 Å². The van der Waals surface area contributed by atoms with Gasteiger partial charge in [0.15, 0.2) is 6.23 Å². The molecule has 2 aromatic heterocycles. The third kappa shape index (κ3) is 4.92. The lowest BCUT2D eigenvalue weighted by atomic mass is 9.89. The lowest BCUT2D eigenvalue weighted by Crippen LogP contribution is -2.24. The molecule has 1 N–H and O–H groups in total. The molecule has 0 radical (unpaired) electrons. The number of hydrogen-bond donors (Lipinski definition) is 1. The Bertz CT molecular complexity index is 1780. The lowest BCUT2D eigenvalue weighted by Gasteiger charge is -2.24. The number of aromatic hydroxyl groups is 1. The Balaban J connectivity index is 1.68. The molecule has 2 aliphatic rings. The largest absolute Gasteiger partial charge is 0.505 e. The predicted octanol–water partition coefficient (Wildman–Crippen LogP) is 6.35. The van der Waals surface area contributed by atoms with Crippen LogP contribution < -0.4 is 4.74 Å². The fraction of sp³-hybridized carbons (Fsp3) is 0.500. The maximum absolute atomic E-state index is 15.6. The molecule has 6 rings (SSSR count). The van der Waals surface area contributed by atoms with Crippen LogP contribution in [0.15, 0.2) is 23.5 Å². The molecule has 9 nitrogen and oxygen atoms in total. The number of phenolic OH excluding ortho intramolecular Hbond substituents is 1. The molecule has 3 heterocycles. The van der Waals surface area contributed by atoms with Crippen LogP contribution in [-0.4, -0.2) is 51.2 Å². The fourth-order valence-electron chi connectivity index (χ4n) is 5.56. The second kappa shape index (κ2) is 9.90. The first-order chi connectivity index (χ1) is 19.4. The molecule has 11 heteroatoms. The second-order valence-corrected chi connectivity index (χ2v) is 14.2. The molecule has 41 heavy (non-hydrogen) atoms. The smallest absolute Gasteiger partial charge is 0.251 e. The van der Waals surface area contributed by atoms with Gasteiger partial charge in [-0.05, 0) is 82.9 Å². The first-order valence-corrected chi connectivity index (χ1v) is 15.8. The van der Waals surface area contributed by atoms with Crippen molar-refractivity contribution in [2.45, 2.75) is 89.6 Å². The van der Waals surface area contributed by atoms with Crippen LogP contribution in [0.5, 0.6) is 11.6 Å². The van der Waals surface area contributed by atoms with Gasteiger partial charge in [-0.1, -0.05) is 6.92 Å². The van der Waals surface area contributed by atoms with E-state index in [9.17, 15) is 13.5 Å². The lowest BCUT2D eigenvalue weighted by molar-refractivity contribution is -0.0366. The number of sulfone groups is 1. The van der Waals surface area contributed by atoms with Crippen LogP contribution >= 0.6 is 0 Å². The quantitative estimate of drug-likeness (QED) is 0.262. The van der Waals surface area contributed by atoms with Crippen LogP contribution in [0.2, 0.25) is 0 Å². The Morgan fingerprint density at radius 2 is 1.88 bits per heavy atom. The molecule has 4 aromatic rings. The van der Waals surface area contributed by atoms with E-state index in [0.717, 1.165) is 37.7 Å². The van der Waals surface area contributed by atoms with Gasteiger partial charge in [0.2, 0.25) is 15.7 Å². The summed E-state index contributed by atoms with van der Waals surface area (Å²) in [4.78, 5) is 8.67. The molecule has 1 aliphatic carbocycles. The Hall–Kier alpha value is -3.31. The maximum atomic E-state index is 15.6. The van der Waals surface area contributed by atoms with Gasteiger partial charge in [-0.15, -0.1) is 0 Å². The van der Waals surface area contributed by atoms with Gasteiger partial charge >= 0.3 is 0 Å². The van der Waals surface area contributed by atoms with Gasteiger partial charge in [0.05, 0.1) is 22.9 Å². The van der Waals surface area contributed by atoms with Gasteiger partial charge in [0, 0.05) is 29.2 Å². The fourth-order valence-corrected chi connectivity index (χ4v) is 6.27. The Kier molecular flexibility index (Phi) is 6.73. The summed E-state index contributed by atoms with van der Waals surface area (Å²) in [5, 5.41) is 17.2. The van der Waals surface area contributed by atoms with E-state index in [1.54, 1.807) is 17.8 Å². The summed E-state index contributed by atoms with van der Waals surface area (Å²) in [6.07, 6.45) is 5.95. The number of ether oxygens (including phenoxy) is 2. The summed E-state index contributed by atoms with van der Waals surface area (Å²) < 4.78 is 55.2. The number of halogens is 1. The molecule has 218 valence electrons. The Morgan fingerprint density at radius 3 is 2.51 bits per heavy atom. The van der Waals surface area contributed by atoms with E-state index in [-0.39, 0.29) is 35.0 Å². The zero-order valence-electron chi connectivity index (χ0n) is 24.0. The zero-order valence-corrected chi connectivity index (χ0v) is 24.8. The van der Waals surface area contributed by atoms with Gasteiger partial charge in [0.25, 0.3) is 5.16 Å². The summed E-state index contributed by atoms with van der Waals surface area (Å²) in [6.45, 7) is 9.32. The molecule has 1 saturated heterocycles. The van der Waals surface area contributed by atoms with Crippen molar-refractivity contribution in [3.8, 4) is 22.8 Å². The number of rotatable bonds is 6. The van der Waals surface area contributed by atoms with Crippen molar-refractivity contribution >= 4 is 31.6 Å². The van der Waals surface area contributed by atoms with Crippen molar-refractivity contribution < 1.29 is 27.4 Å². The molecule has 2 aromatic carbocycles. The van der Waals surface area contributed by atoms with E-state index < -0.39 is 26.4 Å². The molecule has 1 unspecified atom stereocenters. The topological polar surface area (TPSA) is 116 Å². The number of hydrogen-bond acceptors (Lipinski definition) is 8. The molecule has 1 atom stereocenters. The third-order valence-electron chi connectivity index (χ3n) is 7.80. The highest BCUT2D eigenvalue weighted by atomic mass is 32.2. The van der Waals surface area contributed by atoms with Crippen molar-refractivity contribution in [2.24, 2.45) is 0 Å². The standard InChI is InChI=1S/C30H35FN4O5S/c1-6-41(37,38)29-33-26-19(28(34-29)40-30(3,4)5)13-18(17-10-11-17)25(27(26)36)24-16(2)21(31)14-22-20(24)15-32-35(22)23-9-7-8-12-39-23/h13-15,17,23,36H,6-12H2,1-5H3. The van der Waals surface area contributed by atoms with Crippen molar-refractivity contribution in [3.05, 3.63) is 35.3 Å². The van der Waals surface area contributed by atoms with Crippen LogP contribution in [-0.2, 0) is 14.6 Å². The highest BCUT2D eigenvalue weighted by Gasteiger charge is 2.34. The molecule has 1 aliphatic heterocycles. The third-order valence-corrected chi connectivity index (χ3v) is 9.30. The van der Waals surface area contributed by atoms with Crippen LogP contribution in [0.25, 0.3) is 32.9 Å². The van der Waals surface area contributed by atoms with Crippen LogP contribution in [0.3, 0.4) is 0 Å². The Labute approximate surface area is 238 Å². The van der Waals surface area contributed by atoms with Crippen LogP contribution in [0.4, 0.5) is 4.39 Å². The normalized spacial score (nSPS) is 18.3. The molecule has 2 fully saturated rings. The highest BCUT2D eigenvalue weighted by molar-refractivity contribution is 7.91. The minimum atomic E-state index is -3.84. The first-order valence-electron chi connectivity index (χ1n) is 14.2. The van der Waals surface area contributed by atoms with Gasteiger partial charge in [0.1, 0.15) is 22.7 Å². The van der Waals surface area contributed by atoms with Crippen LogP contribution in [0.1, 0.15) is 83.1 Å². The average Bonchev–Trinajstić information content (AvgIpc) is 3.69. The predicted molar refractivity (Wildman–Crippen MR) is 154 cm³/mol. The van der Waals surface area contributed by atoms with E-state index in [1.165, 1.54) is 13.0 Å². The second-order valence-electron chi connectivity index (χ2n) is 12.0. The van der Waals surface area contributed by atoms with Gasteiger partial charge in [-0.3, -0.25) is 0 Å². The minimum Gasteiger partial charge on any atom is -0.505 e. The number of phenols is 1. The van der Waals surface area contributed by atoms with Crippen LogP contribution in [0, 0.1) is 12.7 Å². The van der Waals surface area contributed by atoms with E-state index >= 15 is 4.39 Å². The first kappa shape index (κ1) is 27.8. The summed E-state index contributed by atoms with van der Waals surface area (Å²) in [5.74, 6) is -0.652. The number of benzene rings is 2. The summed E-state index contributed by atoms with van der Waals surface area (Å²) in [5.41, 5.74) is 2.06. The molecule has 1 saturated carbocycles. The summed E-state index contributed by atoms with van der Waals surface area (Å²) in [6, 6.07) is 3.34. The molecular weight excluding hydrogens is 547 g/mol. The molecule has 0 bridgehead atoms. The number of aromatic nitrogens is 4. The zero-order chi connectivity index (χ0) is 29.3. The van der Waals surface area contributed by atoms with E-state index in [1.807, 2.05) is 26.8 Å². The molecule has 0 amide bonds. The SMILES string of the molecule is CCS(=O)(=O)c1nc(OC(C)(C)C)c2cc(C3CC3)c(-c3c(C)c(F)cc4c3cnn4C3CCCCO3)c(O)c2n1. The Morgan fingerprint density at radius 1 is 1.12 bits per heavy atom. The van der Waals surface area contributed by atoms with E-state index in [0.29, 0.717) is 39.6 Å². The van der Waals surface area contributed by atoms with Gasteiger partial charge in [-0.2, -0.15) is 10.1 Å². The highest BCUT2D eigenvalue weighted by Crippen LogP contribution is 2.52. The van der Waals surface area contributed by atoms with Crippen molar-refractivity contribution in [2.75, 3.05) is 12.4 Å². The number of nitrogens with zero attached hydrogens (tertiary/aromatic N) is 4. The van der Waals surface area contributed by atoms with E-state index in [4.69, 9.17) is 9.47 Å². The van der Waals surface area contributed by atoms with Gasteiger partial charge < -0.3 is 14.6 Å². The average molecular weight is 583 g/mol. The molecule has 0 spiro atoms. The van der Waals surface area contributed by atoms with Crippen molar-refractivity contribution in [1.29, 1.82) is 0 Å². The monoisotopic (exact) mass is 582 g/mol. The molecular formula is C30H35FN4O5S. The maximum Gasteiger partial charge on any atom is 0.251 e. The summed E-state index contributed by atoms with van der Waals surface area (Å²) in [7, 11) is -3.84. The van der Waals surface area contributed by atoms with Crippen molar-refractivity contribution in [1.82, 2.24) is 19.7 Å². The minimum absolute atomic E-state index is 0.0468. The number of fused-ring (bicyclic) bond motifs is 2. The summed E-state index contributed by atoms with van der Waals surface area (Å²) >= 11 is 0. The van der Waals surface area contributed by atoms with Crippen molar-refractivity contribution in [3.63, 3.8) is 0 Å². The van der Waals surface area contributed by atoms with E-state index in [2.05, 4.69) is 15.1 Å².